The molecular weight excluding hydrogens is 272 g/mol. The molecule has 0 aromatic heterocycles. The Hall–Kier alpha value is -1.62. The van der Waals surface area contributed by atoms with Crippen molar-refractivity contribution in [1.29, 1.82) is 0 Å². The topological polar surface area (TPSA) is 50.4 Å². The molecule has 0 atom stereocenters. The van der Waals surface area contributed by atoms with Gasteiger partial charge in [0.2, 0.25) is 0 Å². The van der Waals surface area contributed by atoms with Crippen LogP contribution in [0.5, 0.6) is 0 Å². The van der Waals surface area contributed by atoms with Crippen LogP contribution in [-0.2, 0) is 4.74 Å². The van der Waals surface area contributed by atoms with Crippen molar-refractivity contribution in [3.8, 4) is 0 Å². The molecule has 0 heterocycles. The molecule has 0 bridgehead atoms. The summed E-state index contributed by atoms with van der Waals surface area (Å²) in [6.07, 6.45) is 2.03. The summed E-state index contributed by atoms with van der Waals surface area (Å²) in [5.41, 5.74) is 1.29. The van der Waals surface area contributed by atoms with Crippen LogP contribution in [0.4, 0.5) is 5.69 Å². The van der Waals surface area contributed by atoms with Crippen molar-refractivity contribution in [2.45, 2.75) is 39.7 Å². The van der Waals surface area contributed by atoms with Gasteiger partial charge in [-0.25, -0.2) is 4.79 Å². The number of hydrogen-bond donors (Lipinski definition) is 2. The van der Waals surface area contributed by atoms with Gasteiger partial charge >= 0.3 is 5.97 Å². The Labute approximate surface area is 125 Å². The molecule has 0 aliphatic rings. The summed E-state index contributed by atoms with van der Waals surface area (Å²) in [4.78, 5) is 11.7. The van der Waals surface area contributed by atoms with Gasteiger partial charge in [-0.3, -0.25) is 0 Å². The SMILES string of the molecule is CCOC(=O)c1cccc(NC(=S)NC(CC)CC)c1. The number of nitrogens with one attached hydrogen (secondary N) is 2. The van der Waals surface area contributed by atoms with E-state index in [0.29, 0.717) is 23.3 Å². The van der Waals surface area contributed by atoms with Crippen LogP contribution in [0, 0.1) is 0 Å². The van der Waals surface area contributed by atoms with E-state index in [1.54, 1.807) is 25.1 Å². The second-order valence-corrected chi connectivity index (χ2v) is 4.82. The molecule has 4 nitrogen and oxygen atoms in total. The lowest BCUT2D eigenvalue weighted by atomic mass is 10.2. The molecule has 1 aromatic rings. The van der Waals surface area contributed by atoms with Gasteiger partial charge in [0.1, 0.15) is 0 Å². The third kappa shape index (κ3) is 5.17. The van der Waals surface area contributed by atoms with E-state index >= 15 is 0 Å². The van der Waals surface area contributed by atoms with E-state index in [0.717, 1.165) is 18.5 Å². The minimum atomic E-state index is -0.324. The van der Waals surface area contributed by atoms with Crippen molar-refractivity contribution < 1.29 is 9.53 Å². The summed E-state index contributed by atoms with van der Waals surface area (Å²) < 4.78 is 4.97. The summed E-state index contributed by atoms with van der Waals surface area (Å²) in [7, 11) is 0. The van der Waals surface area contributed by atoms with Crippen molar-refractivity contribution in [3.05, 3.63) is 29.8 Å². The van der Waals surface area contributed by atoms with E-state index in [1.807, 2.05) is 6.07 Å². The van der Waals surface area contributed by atoms with Crippen molar-refractivity contribution in [2.75, 3.05) is 11.9 Å². The zero-order chi connectivity index (χ0) is 15.0. The van der Waals surface area contributed by atoms with Gasteiger partial charge in [0.05, 0.1) is 12.2 Å². The van der Waals surface area contributed by atoms with Gasteiger partial charge in [-0.1, -0.05) is 19.9 Å². The molecule has 1 rings (SSSR count). The number of thiocarbonyl (C=S) groups is 1. The predicted molar refractivity (Wildman–Crippen MR) is 86.1 cm³/mol. The van der Waals surface area contributed by atoms with E-state index in [1.165, 1.54) is 0 Å². The monoisotopic (exact) mass is 294 g/mol. The Bertz CT molecular complexity index is 459. The molecule has 5 heteroatoms. The lowest BCUT2D eigenvalue weighted by molar-refractivity contribution is 0.0526. The van der Waals surface area contributed by atoms with Gasteiger partial charge in [-0.15, -0.1) is 0 Å². The van der Waals surface area contributed by atoms with Crippen molar-refractivity contribution in [2.24, 2.45) is 0 Å². The maximum absolute atomic E-state index is 11.7. The molecule has 1 aromatic carbocycles. The van der Waals surface area contributed by atoms with Gasteiger partial charge in [-0.2, -0.15) is 0 Å². The predicted octanol–water partition coefficient (Wildman–Crippen LogP) is 3.34. The number of rotatable bonds is 6. The molecule has 0 spiro atoms. The fraction of sp³-hybridized carbons (Fsp3) is 0.467. The van der Waals surface area contributed by atoms with E-state index in [-0.39, 0.29) is 5.97 Å². The smallest absolute Gasteiger partial charge is 0.338 e. The zero-order valence-electron chi connectivity index (χ0n) is 12.2. The van der Waals surface area contributed by atoms with Crippen LogP contribution < -0.4 is 10.6 Å². The number of carbonyl (C=O) groups is 1. The van der Waals surface area contributed by atoms with Gasteiger partial charge in [0.25, 0.3) is 0 Å². The maximum atomic E-state index is 11.7. The average molecular weight is 294 g/mol. The lowest BCUT2D eigenvalue weighted by Crippen LogP contribution is -2.36. The Morgan fingerprint density at radius 3 is 2.60 bits per heavy atom. The summed E-state index contributed by atoms with van der Waals surface area (Å²) in [6, 6.07) is 7.49. The summed E-state index contributed by atoms with van der Waals surface area (Å²) in [6.45, 7) is 6.39. The third-order valence-electron chi connectivity index (χ3n) is 2.95. The number of hydrogen-bond acceptors (Lipinski definition) is 3. The summed E-state index contributed by atoms with van der Waals surface area (Å²) >= 11 is 5.27. The minimum Gasteiger partial charge on any atom is -0.462 e. The first-order valence-electron chi connectivity index (χ1n) is 6.95. The van der Waals surface area contributed by atoms with Crippen molar-refractivity contribution >= 4 is 29.0 Å². The first-order chi connectivity index (χ1) is 9.60. The Morgan fingerprint density at radius 2 is 2.00 bits per heavy atom. The Kier molecular flexibility index (Phi) is 7.01. The number of ether oxygens (including phenoxy) is 1. The fourth-order valence-electron chi connectivity index (χ4n) is 1.78. The van der Waals surface area contributed by atoms with Crippen LogP contribution in [0.1, 0.15) is 44.0 Å². The van der Waals surface area contributed by atoms with Crippen LogP contribution >= 0.6 is 12.2 Å². The summed E-state index contributed by atoms with van der Waals surface area (Å²) in [5, 5.41) is 6.90. The highest BCUT2D eigenvalue weighted by Gasteiger charge is 2.08. The number of benzene rings is 1. The van der Waals surface area contributed by atoms with Crippen molar-refractivity contribution in [3.63, 3.8) is 0 Å². The number of esters is 1. The van der Waals surface area contributed by atoms with Gasteiger partial charge in [0.15, 0.2) is 5.11 Å². The standard InChI is InChI=1S/C15H22N2O2S/c1-4-12(5-2)16-15(20)17-13-9-7-8-11(10-13)14(18)19-6-3/h7-10,12H,4-6H2,1-3H3,(H2,16,17,20). The highest BCUT2D eigenvalue weighted by molar-refractivity contribution is 7.80. The molecular formula is C15H22N2O2S. The van der Waals surface area contributed by atoms with E-state index in [2.05, 4.69) is 24.5 Å². The molecule has 2 N–H and O–H groups in total. The zero-order valence-corrected chi connectivity index (χ0v) is 13.0. The molecule has 110 valence electrons. The third-order valence-corrected chi connectivity index (χ3v) is 3.17. The van der Waals surface area contributed by atoms with Gasteiger partial charge in [0, 0.05) is 11.7 Å². The number of anilines is 1. The second-order valence-electron chi connectivity index (χ2n) is 4.41. The average Bonchev–Trinajstić information content (AvgIpc) is 2.45. The fourth-order valence-corrected chi connectivity index (χ4v) is 2.07. The Morgan fingerprint density at radius 1 is 1.30 bits per heavy atom. The van der Waals surface area contributed by atoms with E-state index in [4.69, 9.17) is 17.0 Å². The maximum Gasteiger partial charge on any atom is 0.338 e. The van der Waals surface area contributed by atoms with E-state index < -0.39 is 0 Å². The molecule has 0 fully saturated rings. The normalized spacial score (nSPS) is 10.2. The van der Waals surface area contributed by atoms with Gasteiger partial charge in [-0.05, 0) is 50.2 Å². The largest absolute Gasteiger partial charge is 0.462 e. The van der Waals surface area contributed by atoms with Gasteiger partial charge < -0.3 is 15.4 Å². The quantitative estimate of drug-likeness (QED) is 0.622. The highest BCUT2D eigenvalue weighted by Crippen LogP contribution is 2.12. The number of carbonyl (C=O) groups excluding carboxylic acids is 1. The van der Waals surface area contributed by atoms with Crippen LogP contribution in [-0.4, -0.2) is 23.7 Å². The summed E-state index contributed by atoms with van der Waals surface area (Å²) in [5.74, 6) is -0.324. The molecule has 20 heavy (non-hydrogen) atoms. The highest BCUT2D eigenvalue weighted by atomic mass is 32.1. The first-order valence-corrected chi connectivity index (χ1v) is 7.36. The second kappa shape index (κ2) is 8.53. The molecule has 0 aliphatic heterocycles. The molecule has 0 amide bonds. The molecule has 0 unspecified atom stereocenters. The molecule has 0 saturated carbocycles. The first kappa shape index (κ1) is 16.4. The molecule has 0 radical (unpaired) electrons. The molecule has 0 aliphatic carbocycles. The van der Waals surface area contributed by atoms with Crippen LogP contribution in [0.25, 0.3) is 0 Å². The van der Waals surface area contributed by atoms with Crippen LogP contribution in [0.2, 0.25) is 0 Å². The van der Waals surface area contributed by atoms with Crippen molar-refractivity contribution in [1.82, 2.24) is 5.32 Å². The van der Waals surface area contributed by atoms with Crippen LogP contribution in [0.3, 0.4) is 0 Å². The van der Waals surface area contributed by atoms with E-state index in [9.17, 15) is 4.79 Å². The van der Waals surface area contributed by atoms with Crippen LogP contribution in [0.15, 0.2) is 24.3 Å². The molecule has 0 saturated heterocycles. The lowest BCUT2D eigenvalue weighted by Gasteiger charge is -2.18. The minimum absolute atomic E-state index is 0.324. The Balaban J connectivity index is 2.66.